The second kappa shape index (κ2) is 6.50. The Hall–Kier alpha value is -1.01. The van der Waals surface area contributed by atoms with Gasteiger partial charge in [0.15, 0.2) is 0 Å². The van der Waals surface area contributed by atoms with Crippen LogP contribution in [0.25, 0.3) is 0 Å². The predicted molar refractivity (Wildman–Crippen MR) is 52.0 cm³/mol. The van der Waals surface area contributed by atoms with Gasteiger partial charge in [-0.05, 0) is 5.92 Å². The molecule has 3 nitrogen and oxygen atoms in total. The largest absolute Gasteiger partial charge is 0.396 e. The first kappa shape index (κ1) is 12.0. The number of carbonyl (C=O) groups excluding carboxylic acids is 1. The summed E-state index contributed by atoms with van der Waals surface area (Å²) in [5.74, 6) is 2.59. The molecule has 1 atom stereocenters. The van der Waals surface area contributed by atoms with Crippen molar-refractivity contribution in [2.75, 3.05) is 20.2 Å². The highest BCUT2D eigenvalue weighted by Gasteiger charge is 2.10. The van der Waals surface area contributed by atoms with E-state index in [0.29, 0.717) is 19.4 Å². The number of terminal acetylenes is 1. The first-order valence-corrected chi connectivity index (χ1v) is 4.40. The molecular formula is C10H17NO2. The maximum absolute atomic E-state index is 11.3. The van der Waals surface area contributed by atoms with E-state index in [0.717, 1.165) is 0 Å². The minimum Gasteiger partial charge on any atom is -0.396 e. The first-order valence-electron chi connectivity index (χ1n) is 4.40. The van der Waals surface area contributed by atoms with Gasteiger partial charge in [0.05, 0.1) is 0 Å². The summed E-state index contributed by atoms with van der Waals surface area (Å²) >= 11 is 0. The maximum atomic E-state index is 11.3. The molecule has 0 spiro atoms. The van der Waals surface area contributed by atoms with Crippen LogP contribution in [-0.4, -0.2) is 36.1 Å². The number of carbonyl (C=O) groups is 1. The van der Waals surface area contributed by atoms with E-state index < -0.39 is 0 Å². The predicted octanol–water partition coefficient (Wildman–Crippen LogP) is 0.487. The number of rotatable bonds is 5. The van der Waals surface area contributed by atoms with Crippen molar-refractivity contribution in [2.45, 2.75) is 19.8 Å². The van der Waals surface area contributed by atoms with Crippen molar-refractivity contribution in [1.29, 1.82) is 0 Å². The van der Waals surface area contributed by atoms with E-state index in [1.54, 1.807) is 11.9 Å². The van der Waals surface area contributed by atoms with Crippen molar-refractivity contribution in [1.82, 2.24) is 4.90 Å². The molecule has 0 saturated carbocycles. The first-order chi connectivity index (χ1) is 6.11. The zero-order valence-electron chi connectivity index (χ0n) is 8.29. The molecule has 0 rings (SSSR count). The Kier molecular flexibility index (Phi) is 5.99. The van der Waals surface area contributed by atoms with Crippen molar-refractivity contribution in [3.63, 3.8) is 0 Å². The average molecular weight is 183 g/mol. The number of aliphatic hydroxyl groups excluding tert-OH is 1. The van der Waals surface area contributed by atoms with Gasteiger partial charge in [-0.3, -0.25) is 4.79 Å². The Labute approximate surface area is 79.7 Å². The third kappa shape index (κ3) is 5.26. The van der Waals surface area contributed by atoms with Crippen LogP contribution in [0, 0.1) is 18.3 Å². The Bertz CT molecular complexity index is 196. The Morgan fingerprint density at radius 1 is 1.69 bits per heavy atom. The van der Waals surface area contributed by atoms with Gasteiger partial charge in [-0.1, -0.05) is 6.92 Å². The second-order valence-corrected chi connectivity index (χ2v) is 3.27. The third-order valence-corrected chi connectivity index (χ3v) is 1.81. The fourth-order valence-corrected chi connectivity index (χ4v) is 0.997. The van der Waals surface area contributed by atoms with E-state index in [9.17, 15) is 4.79 Å². The van der Waals surface area contributed by atoms with E-state index >= 15 is 0 Å². The molecule has 0 fully saturated rings. The monoisotopic (exact) mass is 183 g/mol. The van der Waals surface area contributed by atoms with Crippen LogP contribution in [0.15, 0.2) is 0 Å². The highest BCUT2D eigenvalue weighted by atomic mass is 16.3. The molecule has 0 aliphatic carbocycles. The molecule has 0 radical (unpaired) electrons. The normalized spacial score (nSPS) is 11.8. The topological polar surface area (TPSA) is 40.5 Å². The summed E-state index contributed by atoms with van der Waals surface area (Å²) in [7, 11) is 1.73. The van der Waals surface area contributed by atoms with Gasteiger partial charge in [-0.15, -0.1) is 12.3 Å². The quantitative estimate of drug-likeness (QED) is 0.630. The summed E-state index contributed by atoms with van der Waals surface area (Å²) in [6, 6.07) is 0. The smallest absolute Gasteiger partial charge is 0.223 e. The fourth-order valence-electron chi connectivity index (χ4n) is 0.997. The molecule has 3 heteroatoms. The molecule has 0 unspecified atom stereocenters. The lowest BCUT2D eigenvalue weighted by atomic mass is 10.2. The average Bonchev–Trinajstić information content (AvgIpc) is 2.13. The minimum atomic E-state index is 0.0400. The zero-order valence-corrected chi connectivity index (χ0v) is 8.29. The molecular weight excluding hydrogens is 166 g/mol. The molecule has 0 aliphatic heterocycles. The standard InChI is InChI=1S/C10H17NO2/c1-4-5-6-10(13)11(3)7-9(2)8-12/h1,9,12H,5-8H2,2-3H3/t9-/m0/s1. The number of hydrogen-bond donors (Lipinski definition) is 1. The zero-order chi connectivity index (χ0) is 10.3. The Morgan fingerprint density at radius 3 is 2.77 bits per heavy atom. The lowest BCUT2D eigenvalue weighted by Gasteiger charge is -2.19. The summed E-state index contributed by atoms with van der Waals surface area (Å²) in [5.41, 5.74) is 0. The van der Waals surface area contributed by atoms with Crippen molar-refractivity contribution < 1.29 is 9.90 Å². The lowest BCUT2D eigenvalue weighted by Crippen LogP contribution is -2.31. The van der Waals surface area contributed by atoms with Crippen molar-refractivity contribution >= 4 is 5.91 Å². The van der Waals surface area contributed by atoms with Crippen LogP contribution in [0.1, 0.15) is 19.8 Å². The summed E-state index contributed by atoms with van der Waals surface area (Å²) in [6.07, 6.45) is 5.92. The molecule has 74 valence electrons. The number of hydrogen-bond acceptors (Lipinski definition) is 2. The Morgan fingerprint density at radius 2 is 2.31 bits per heavy atom. The maximum Gasteiger partial charge on any atom is 0.223 e. The van der Waals surface area contributed by atoms with Crippen molar-refractivity contribution in [3.05, 3.63) is 0 Å². The fraction of sp³-hybridized carbons (Fsp3) is 0.700. The van der Waals surface area contributed by atoms with Gasteiger partial charge in [-0.25, -0.2) is 0 Å². The summed E-state index contributed by atoms with van der Waals surface area (Å²) in [5, 5.41) is 8.77. The summed E-state index contributed by atoms with van der Waals surface area (Å²) in [6.45, 7) is 2.58. The third-order valence-electron chi connectivity index (χ3n) is 1.81. The summed E-state index contributed by atoms with van der Waals surface area (Å²) < 4.78 is 0. The van der Waals surface area contributed by atoms with Crippen LogP contribution in [-0.2, 0) is 4.79 Å². The highest BCUT2D eigenvalue weighted by molar-refractivity contribution is 5.76. The molecule has 0 heterocycles. The van der Waals surface area contributed by atoms with Gasteiger partial charge in [0, 0.05) is 33.0 Å². The SMILES string of the molecule is C#CCCC(=O)N(C)C[C@H](C)CO. The molecule has 1 N–H and O–H groups in total. The van der Waals surface area contributed by atoms with Gasteiger partial charge in [0.1, 0.15) is 0 Å². The molecule has 13 heavy (non-hydrogen) atoms. The van der Waals surface area contributed by atoms with Crippen LogP contribution < -0.4 is 0 Å². The minimum absolute atomic E-state index is 0.0400. The van der Waals surface area contributed by atoms with Crippen LogP contribution in [0.5, 0.6) is 0 Å². The van der Waals surface area contributed by atoms with Gasteiger partial charge >= 0.3 is 0 Å². The molecule has 0 saturated heterocycles. The van der Waals surface area contributed by atoms with E-state index in [-0.39, 0.29) is 18.4 Å². The van der Waals surface area contributed by atoms with Gasteiger partial charge < -0.3 is 10.0 Å². The number of nitrogens with zero attached hydrogens (tertiary/aromatic N) is 1. The Balaban J connectivity index is 3.76. The lowest BCUT2D eigenvalue weighted by molar-refractivity contribution is -0.130. The van der Waals surface area contributed by atoms with Crippen molar-refractivity contribution in [2.24, 2.45) is 5.92 Å². The van der Waals surface area contributed by atoms with E-state index in [1.807, 2.05) is 6.92 Å². The molecule has 0 aromatic carbocycles. The van der Waals surface area contributed by atoms with E-state index in [4.69, 9.17) is 11.5 Å². The molecule has 1 amide bonds. The molecule has 0 aromatic rings. The number of amides is 1. The molecule has 0 aromatic heterocycles. The second-order valence-electron chi connectivity index (χ2n) is 3.27. The molecule has 0 aliphatic rings. The van der Waals surface area contributed by atoms with Gasteiger partial charge in [0.25, 0.3) is 0 Å². The van der Waals surface area contributed by atoms with Crippen LogP contribution in [0.4, 0.5) is 0 Å². The molecule has 0 bridgehead atoms. The van der Waals surface area contributed by atoms with Gasteiger partial charge in [-0.2, -0.15) is 0 Å². The van der Waals surface area contributed by atoms with E-state index in [2.05, 4.69) is 5.92 Å². The van der Waals surface area contributed by atoms with Crippen LogP contribution >= 0.6 is 0 Å². The van der Waals surface area contributed by atoms with Crippen molar-refractivity contribution in [3.8, 4) is 12.3 Å². The number of aliphatic hydroxyl groups is 1. The van der Waals surface area contributed by atoms with E-state index in [1.165, 1.54) is 0 Å². The van der Waals surface area contributed by atoms with Crippen LogP contribution in [0.2, 0.25) is 0 Å². The van der Waals surface area contributed by atoms with Gasteiger partial charge in [0.2, 0.25) is 5.91 Å². The highest BCUT2D eigenvalue weighted by Crippen LogP contribution is 2.00. The van der Waals surface area contributed by atoms with Crippen LogP contribution in [0.3, 0.4) is 0 Å². The summed E-state index contributed by atoms with van der Waals surface area (Å²) in [4.78, 5) is 12.9.